The molecule has 3 aromatic rings. The third kappa shape index (κ3) is 2.62. The smallest absolute Gasteiger partial charge is 0.328 e. The van der Waals surface area contributed by atoms with Crippen molar-refractivity contribution in [3.05, 3.63) is 70.9 Å². The van der Waals surface area contributed by atoms with E-state index in [1.807, 2.05) is 30.3 Å². The van der Waals surface area contributed by atoms with E-state index in [1.54, 1.807) is 17.0 Å². The number of H-pyrrole nitrogens is 1. The molecule has 0 bridgehead atoms. The average molecular weight is 398 g/mol. The number of para-hydroxylation sites is 1. The van der Waals surface area contributed by atoms with Gasteiger partial charge in [0.1, 0.15) is 12.1 Å². The molecule has 0 unspecified atom stereocenters. The van der Waals surface area contributed by atoms with Gasteiger partial charge < -0.3 is 4.98 Å². The van der Waals surface area contributed by atoms with Gasteiger partial charge in [-0.15, -0.1) is 0 Å². The van der Waals surface area contributed by atoms with Crippen LogP contribution in [-0.4, -0.2) is 39.3 Å². The van der Waals surface area contributed by atoms with E-state index in [-0.39, 0.29) is 18.0 Å². The molecule has 3 amide bonds. The topological polar surface area (TPSA) is 80.2 Å². The number of hydrogen-bond acceptors (Lipinski definition) is 3. The summed E-state index contributed by atoms with van der Waals surface area (Å²) in [7, 11) is 0. The van der Waals surface area contributed by atoms with E-state index in [0.29, 0.717) is 18.5 Å². The van der Waals surface area contributed by atoms with Gasteiger partial charge in [-0.25, -0.2) is 4.79 Å². The Morgan fingerprint density at radius 1 is 1.13 bits per heavy atom. The molecule has 1 fully saturated rings. The zero-order valence-electron chi connectivity index (χ0n) is 16.8. The van der Waals surface area contributed by atoms with Crippen LogP contribution in [-0.2, 0) is 11.2 Å². The number of carbonyl (C=O) groups is 2. The fraction of sp³-hybridized carbons (Fsp3) is 0.292. The number of nitriles is 1. The quantitative estimate of drug-likeness (QED) is 0.672. The summed E-state index contributed by atoms with van der Waals surface area (Å²) in [5.74, 6) is -0.108. The number of hydrogen-bond donors (Lipinski definition) is 1. The zero-order chi connectivity index (χ0) is 20.8. The van der Waals surface area contributed by atoms with E-state index in [9.17, 15) is 9.59 Å². The maximum Gasteiger partial charge on any atom is 0.328 e. The Labute approximate surface area is 174 Å². The summed E-state index contributed by atoms with van der Waals surface area (Å²) >= 11 is 0. The van der Waals surface area contributed by atoms with Gasteiger partial charge in [-0.05, 0) is 35.7 Å². The number of carbonyl (C=O) groups excluding carboxylic acids is 2. The van der Waals surface area contributed by atoms with E-state index in [0.717, 1.165) is 40.6 Å². The van der Waals surface area contributed by atoms with Crippen molar-refractivity contribution in [1.82, 2.24) is 14.8 Å². The standard InChI is InChI=1S/C24H22N4O2/c1-2-3-12-27-23(29)20-13-18-17-6-4-5-7-19(17)26-21(18)22(28(20)24(27)30)16-10-8-15(14-25)9-11-16/h4-11,20,22,26H,2-3,12-13H2,1H3/t20-,22-/m1/s1. The molecule has 150 valence electrons. The maximum atomic E-state index is 13.4. The zero-order valence-corrected chi connectivity index (χ0v) is 16.8. The van der Waals surface area contributed by atoms with E-state index >= 15 is 0 Å². The molecule has 2 atom stereocenters. The van der Waals surface area contributed by atoms with Gasteiger partial charge in [-0.3, -0.25) is 14.6 Å². The lowest BCUT2D eigenvalue weighted by molar-refractivity contribution is -0.128. The number of nitrogens with one attached hydrogen (secondary N) is 1. The molecule has 1 N–H and O–H groups in total. The maximum absolute atomic E-state index is 13.4. The van der Waals surface area contributed by atoms with E-state index in [1.165, 1.54) is 4.90 Å². The fourth-order valence-electron chi connectivity index (χ4n) is 4.74. The summed E-state index contributed by atoms with van der Waals surface area (Å²) in [6.07, 6.45) is 2.23. The highest BCUT2D eigenvalue weighted by Gasteiger charge is 2.52. The Kier molecular flexibility index (Phi) is 4.32. The lowest BCUT2D eigenvalue weighted by Crippen LogP contribution is -2.44. The van der Waals surface area contributed by atoms with E-state index in [4.69, 9.17) is 5.26 Å². The molecule has 0 spiro atoms. The first kappa shape index (κ1) is 18.4. The van der Waals surface area contributed by atoms with E-state index in [2.05, 4.69) is 24.0 Å². The highest BCUT2D eigenvalue weighted by molar-refractivity contribution is 6.05. The first-order valence-corrected chi connectivity index (χ1v) is 10.4. The molecule has 2 aliphatic rings. The van der Waals surface area contributed by atoms with Crippen LogP contribution in [0.1, 0.15) is 48.2 Å². The number of fused-ring (bicyclic) bond motifs is 4. The van der Waals surface area contributed by atoms with Crippen LogP contribution in [0.25, 0.3) is 10.9 Å². The minimum Gasteiger partial charge on any atom is -0.356 e. The van der Waals surface area contributed by atoms with Gasteiger partial charge in [0.15, 0.2) is 0 Å². The fourth-order valence-corrected chi connectivity index (χ4v) is 4.74. The molecule has 6 heteroatoms. The number of aromatic amines is 1. The number of amides is 3. The SMILES string of the molecule is CCCCN1C(=O)[C@H]2Cc3c([nH]c4ccccc34)[C@@H](c3ccc(C#N)cc3)N2C1=O. The second-order valence-electron chi connectivity index (χ2n) is 7.95. The predicted octanol–water partition coefficient (Wildman–Crippen LogP) is 4.12. The highest BCUT2D eigenvalue weighted by atomic mass is 16.2. The molecule has 6 nitrogen and oxygen atoms in total. The second-order valence-corrected chi connectivity index (χ2v) is 7.95. The van der Waals surface area contributed by atoms with Gasteiger partial charge in [-0.2, -0.15) is 5.26 Å². The van der Waals surface area contributed by atoms with Gasteiger partial charge in [0.25, 0.3) is 5.91 Å². The van der Waals surface area contributed by atoms with Crippen LogP contribution in [0.2, 0.25) is 0 Å². The normalized spacial score (nSPS) is 20.4. The predicted molar refractivity (Wildman–Crippen MR) is 113 cm³/mol. The molecular formula is C24H22N4O2. The molecule has 0 aliphatic carbocycles. The average Bonchev–Trinajstić information content (AvgIpc) is 3.26. The van der Waals surface area contributed by atoms with Gasteiger partial charge in [0, 0.05) is 29.6 Å². The molecular weight excluding hydrogens is 376 g/mol. The molecule has 3 heterocycles. The number of rotatable bonds is 4. The van der Waals surface area contributed by atoms with E-state index < -0.39 is 6.04 Å². The van der Waals surface area contributed by atoms with Crippen molar-refractivity contribution in [3.8, 4) is 6.07 Å². The number of imide groups is 1. The van der Waals surface area contributed by atoms with Crippen LogP contribution in [0, 0.1) is 11.3 Å². The minimum atomic E-state index is -0.498. The van der Waals surface area contributed by atoms with Crippen molar-refractivity contribution in [2.45, 2.75) is 38.3 Å². The van der Waals surface area contributed by atoms with Crippen LogP contribution in [0.4, 0.5) is 4.79 Å². The largest absolute Gasteiger partial charge is 0.356 e. The van der Waals surface area contributed by atoms with Crippen molar-refractivity contribution >= 4 is 22.8 Å². The Hall–Kier alpha value is -3.59. The third-order valence-electron chi connectivity index (χ3n) is 6.23. The summed E-state index contributed by atoms with van der Waals surface area (Å²) in [5, 5.41) is 10.3. The number of nitrogens with zero attached hydrogens (tertiary/aromatic N) is 3. The van der Waals surface area contributed by atoms with Crippen LogP contribution < -0.4 is 0 Å². The van der Waals surface area contributed by atoms with Crippen LogP contribution >= 0.6 is 0 Å². The first-order valence-electron chi connectivity index (χ1n) is 10.4. The van der Waals surface area contributed by atoms with Crippen molar-refractivity contribution in [3.63, 3.8) is 0 Å². The summed E-state index contributed by atoms with van der Waals surface area (Å²) in [6.45, 7) is 2.50. The van der Waals surface area contributed by atoms with Crippen molar-refractivity contribution in [2.24, 2.45) is 0 Å². The van der Waals surface area contributed by atoms with Crippen LogP contribution in [0.3, 0.4) is 0 Å². The van der Waals surface area contributed by atoms with Crippen LogP contribution in [0.15, 0.2) is 48.5 Å². The molecule has 30 heavy (non-hydrogen) atoms. The van der Waals surface area contributed by atoms with Crippen molar-refractivity contribution in [2.75, 3.05) is 6.54 Å². The lowest BCUT2D eigenvalue weighted by Gasteiger charge is -2.36. The Bertz CT molecular complexity index is 1190. The Morgan fingerprint density at radius 3 is 2.63 bits per heavy atom. The van der Waals surface area contributed by atoms with Crippen LogP contribution in [0.5, 0.6) is 0 Å². The third-order valence-corrected chi connectivity index (χ3v) is 6.23. The number of urea groups is 1. The second kappa shape index (κ2) is 7.03. The monoisotopic (exact) mass is 398 g/mol. The first-order chi connectivity index (χ1) is 14.6. The van der Waals surface area contributed by atoms with Gasteiger partial charge in [-0.1, -0.05) is 43.7 Å². The lowest BCUT2D eigenvalue weighted by atomic mass is 9.88. The molecule has 0 saturated carbocycles. The summed E-state index contributed by atoms with van der Waals surface area (Å²) < 4.78 is 0. The van der Waals surface area contributed by atoms with Gasteiger partial charge in [0.2, 0.25) is 0 Å². The number of unbranched alkanes of at least 4 members (excludes halogenated alkanes) is 1. The van der Waals surface area contributed by atoms with Gasteiger partial charge >= 0.3 is 6.03 Å². The molecule has 2 aliphatic heterocycles. The van der Waals surface area contributed by atoms with Crippen molar-refractivity contribution < 1.29 is 9.59 Å². The number of benzene rings is 2. The molecule has 1 aromatic heterocycles. The molecule has 0 radical (unpaired) electrons. The van der Waals surface area contributed by atoms with Gasteiger partial charge in [0.05, 0.1) is 11.6 Å². The molecule has 2 aromatic carbocycles. The summed E-state index contributed by atoms with van der Waals surface area (Å²) in [5.41, 5.74) is 4.52. The summed E-state index contributed by atoms with van der Waals surface area (Å²) in [6, 6.07) is 16.4. The molecule has 1 saturated heterocycles. The summed E-state index contributed by atoms with van der Waals surface area (Å²) in [4.78, 5) is 33.2. The van der Waals surface area contributed by atoms with Crippen molar-refractivity contribution in [1.29, 1.82) is 5.26 Å². The Balaban J connectivity index is 1.67. The Morgan fingerprint density at radius 2 is 1.90 bits per heavy atom. The molecule has 5 rings (SSSR count). The highest BCUT2D eigenvalue weighted by Crippen LogP contribution is 2.44. The minimum absolute atomic E-state index is 0.108. The number of aromatic nitrogens is 1.